The van der Waals surface area contributed by atoms with Crippen molar-refractivity contribution in [3.8, 4) is 0 Å². The molecule has 2 rings (SSSR count). The Kier molecular flexibility index (Phi) is 5.58. The second-order valence-electron chi connectivity index (χ2n) is 5.77. The molecule has 2 N–H and O–H groups in total. The molecule has 0 bridgehead atoms. The molecule has 0 aromatic heterocycles. The van der Waals surface area contributed by atoms with E-state index in [0.717, 1.165) is 28.9 Å². The highest BCUT2D eigenvalue weighted by molar-refractivity contribution is 9.10. The van der Waals surface area contributed by atoms with Gasteiger partial charge in [0, 0.05) is 28.7 Å². The van der Waals surface area contributed by atoms with Gasteiger partial charge in [-0.25, -0.2) is 4.39 Å². The Balaban J connectivity index is 2.17. The molecule has 1 aromatic rings. The first kappa shape index (κ1) is 15.9. The van der Waals surface area contributed by atoms with Gasteiger partial charge in [0.1, 0.15) is 5.82 Å². The molecule has 112 valence electrons. The van der Waals surface area contributed by atoms with Gasteiger partial charge in [-0.2, -0.15) is 0 Å². The Morgan fingerprint density at radius 2 is 2.25 bits per heavy atom. The van der Waals surface area contributed by atoms with E-state index < -0.39 is 0 Å². The predicted molar refractivity (Wildman–Crippen MR) is 85.1 cm³/mol. The Bertz CT molecular complexity index is 452. The van der Waals surface area contributed by atoms with Gasteiger partial charge in [0.05, 0.1) is 0 Å². The fraction of sp³-hybridized carbons (Fsp3) is 0.625. The van der Waals surface area contributed by atoms with Gasteiger partial charge in [-0.1, -0.05) is 35.3 Å². The lowest BCUT2D eigenvalue weighted by Gasteiger charge is -2.42. The van der Waals surface area contributed by atoms with Crippen molar-refractivity contribution in [3.63, 3.8) is 0 Å². The smallest absolute Gasteiger partial charge is 0.129 e. The van der Waals surface area contributed by atoms with E-state index in [4.69, 9.17) is 5.73 Å². The van der Waals surface area contributed by atoms with Gasteiger partial charge < -0.3 is 5.73 Å². The third-order valence-corrected chi connectivity index (χ3v) is 5.12. The molecule has 0 aliphatic carbocycles. The fourth-order valence-corrected chi connectivity index (χ4v) is 3.62. The van der Waals surface area contributed by atoms with E-state index in [1.54, 1.807) is 6.07 Å². The molecule has 3 unspecified atom stereocenters. The minimum atomic E-state index is -0.139. The second-order valence-corrected chi connectivity index (χ2v) is 6.68. The van der Waals surface area contributed by atoms with E-state index in [0.29, 0.717) is 12.6 Å². The lowest BCUT2D eigenvalue weighted by Crippen LogP contribution is -2.47. The molecule has 1 aliphatic heterocycles. The second kappa shape index (κ2) is 7.01. The van der Waals surface area contributed by atoms with Crippen molar-refractivity contribution in [1.82, 2.24) is 4.90 Å². The highest BCUT2D eigenvalue weighted by Gasteiger charge is 2.31. The quantitative estimate of drug-likeness (QED) is 0.892. The largest absolute Gasteiger partial charge is 0.329 e. The zero-order valence-corrected chi connectivity index (χ0v) is 13.9. The molecular formula is C16H24BrFN2. The number of halogens is 2. The summed E-state index contributed by atoms with van der Waals surface area (Å²) in [4.78, 5) is 2.37. The summed E-state index contributed by atoms with van der Waals surface area (Å²) in [6, 6.07) is 5.78. The van der Waals surface area contributed by atoms with Crippen molar-refractivity contribution in [2.45, 2.75) is 45.2 Å². The van der Waals surface area contributed by atoms with E-state index in [1.165, 1.54) is 12.8 Å². The number of piperidine rings is 1. The minimum Gasteiger partial charge on any atom is -0.329 e. The third-order valence-electron chi connectivity index (χ3n) is 4.63. The molecule has 0 radical (unpaired) electrons. The van der Waals surface area contributed by atoms with Gasteiger partial charge in [-0.05, 0) is 44.4 Å². The number of rotatable bonds is 4. The van der Waals surface area contributed by atoms with Crippen LogP contribution in [0.4, 0.5) is 4.39 Å². The first-order valence-corrected chi connectivity index (χ1v) is 8.26. The number of benzene rings is 1. The highest BCUT2D eigenvalue weighted by atomic mass is 79.9. The van der Waals surface area contributed by atoms with Crippen LogP contribution in [-0.4, -0.2) is 24.0 Å². The van der Waals surface area contributed by atoms with Crippen LogP contribution in [0.2, 0.25) is 0 Å². The maximum absolute atomic E-state index is 14.1. The van der Waals surface area contributed by atoms with E-state index in [-0.39, 0.29) is 11.9 Å². The number of likely N-dealkylation sites (tertiary alicyclic amines) is 1. The van der Waals surface area contributed by atoms with Crippen LogP contribution in [0.1, 0.15) is 44.7 Å². The van der Waals surface area contributed by atoms with E-state index in [9.17, 15) is 4.39 Å². The molecule has 3 atom stereocenters. The summed E-state index contributed by atoms with van der Waals surface area (Å²) in [7, 11) is 0. The van der Waals surface area contributed by atoms with E-state index in [2.05, 4.69) is 34.7 Å². The molecule has 20 heavy (non-hydrogen) atoms. The van der Waals surface area contributed by atoms with Crippen molar-refractivity contribution >= 4 is 15.9 Å². The summed E-state index contributed by atoms with van der Waals surface area (Å²) in [6.45, 7) is 5.99. The van der Waals surface area contributed by atoms with Crippen molar-refractivity contribution in [3.05, 3.63) is 34.1 Å². The lowest BCUT2D eigenvalue weighted by molar-refractivity contribution is 0.0758. The fourth-order valence-electron chi connectivity index (χ4n) is 3.28. The van der Waals surface area contributed by atoms with Gasteiger partial charge in [-0.15, -0.1) is 0 Å². The van der Waals surface area contributed by atoms with Crippen LogP contribution in [-0.2, 0) is 0 Å². The zero-order chi connectivity index (χ0) is 14.7. The summed E-state index contributed by atoms with van der Waals surface area (Å²) < 4.78 is 14.9. The lowest BCUT2D eigenvalue weighted by atomic mass is 9.87. The molecular weight excluding hydrogens is 319 g/mol. The van der Waals surface area contributed by atoms with Gasteiger partial charge >= 0.3 is 0 Å². The summed E-state index contributed by atoms with van der Waals surface area (Å²) in [5, 5.41) is 0. The van der Waals surface area contributed by atoms with Crippen molar-refractivity contribution in [2.24, 2.45) is 11.7 Å². The number of hydrogen-bond acceptors (Lipinski definition) is 2. The Labute approximate surface area is 129 Å². The molecule has 1 saturated heterocycles. The molecule has 4 heteroatoms. The topological polar surface area (TPSA) is 29.3 Å². The molecule has 0 amide bonds. The van der Waals surface area contributed by atoms with E-state index >= 15 is 0 Å². The minimum absolute atomic E-state index is 0.0782. The number of hydrogen-bond donors (Lipinski definition) is 1. The van der Waals surface area contributed by atoms with Crippen LogP contribution in [0.5, 0.6) is 0 Å². The maximum atomic E-state index is 14.1. The molecule has 1 aromatic carbocycles. The normalized spacial score (nSPS) is 25.6. The average Bonchev–Trinajstić information content (AvgIpc) is 2.46. The van der Waals surface area contributed by atoms with Crippen LogP contribution in [0.3, 0.4) is 0 Å². The van der Waals surface area contributed by atoms with Gasteiger partial charge in [0.2, 0.25) is 0 Å². The summed E-state index contributed by atoms with van der Waals surface area (Å²) in [5.74, 6) is 0.627. The summed E-state index contributed by atoms with van der Waals surface area (Å²) in [6.07, 6.45) is 3.54. The standard InChI is InChI=1S/C16H24BrFN2/c1-3-12-6-7-20(14(8-12)10-19)11(2)15-5-4-13(17)9-16(15)18/h4-5,9,11-12,14H,3,6-8,10,19H2,1-2H3. The molecule has 1 aliphatic rings. The Morgan fingerprint density at radius 3 is 2.85 bits per heavy atom. The van der Waals surface area contributed by atoms with Crippen molar-refractivity contribution in [2.75, 3.05) is 13.1 Å². The van der Waals surface area contributed by atoms with Crippen LogP contribution < -0.4 is 5.73 Å². The molecule has 1 heterocycles. The van der Waals surface area contributed by atoms with Crippen LogP contribution in [0.25, 0.3) is 0 Å². The van der Waals surface area contributed by atoms with E-state index in [1.807, 2.05) is 12.1 Å². The molecule has 1 fully saturated rings. The summed E-state index contributed by atoms with van der Waals surface area (Å²) in [5.41, 5.74) is 6.71. The maximum Gasteiger partial charge on any atom is 0.129 e. The van der Waals surface area contributed by atoms with Crippen LogP contribution in [0.15, 0.2) is 22.7 Å². The number of nitrogens with two attached hydrogens (primary N) is 1. The Hall–Kier alpha value is -0.450. The highest BCUT2D eigenvalue weighted by Crippen LogP contribution is 2.33. The summed E-state index contributed by atoms with van der Waals surface area (Å²) >= 11 is 3.31. The van der Waals surface area contributed by atoms with Crippen molar-refractivity contribution < 1.29 is 4.39 Å². The first-order valence-electron chi connectivity index (χ1n) is 7.47. The number of nitrogens with zero attached hydrogens (tertiary/aromatic N) is 1. The molecule has 0 saturated carbocycles. The van der Waals surface area contributed by atoms with Crippen LogP contribution >= 0.6 is 15.9 Å². The monoisotopic (exact) mass is 342 g/mol. The zero-order valence-electron chi connectivity index (χ0n) is 12.3. The van der Waals surface area contributed by atoms with Crippen LogP contribution in [0, 0.1) is 11.7 Å². The predicted octanol–water partition coefficient (Wildman–Crippen LogP) is 4.10. The SMILES string of the molecule is CCC1CCN(C(C)c2ccc(Br)cc2F)C(CN)C1. The first-order chi connectivity index (χ1) is 9.56. The Morgan fingerprint density at radius 1 is 1.50 bits per heavy atom. The van der Waals surface area contributed by atoms with Crippen molar-refractivity contribution in [1.29, 1.82) is 0 Å². The molecule has 0 spiro atoms. The molecule has 2 nitrogen and oxygen atoms in total. The average molecular weight is 343 g/mol. The van der Waals surface area contributed by atoms with Gasteiger partial charge in [-0.3, -0.25) is 4.90 Å². The van der Waals surface area contributed by atoms with Gasteiger partial charge in [0.15, 0.2) is 0 Å². The third kappa shape index (κ3) is 3.41. The van der Waals surface area contributed by atoms with Gasteiger partial charge in [0.25, 0.3) is 0 Å².